The second-order valence-electron chi connectivity index (χ2n) is 4.91. The lowest BCUT2D eigenvalue weighted by Gasteiger charge is -2.38. The number of ether oxygens (including phenoxy) is 2. The highest BCUT2D eigenvalue weighted by molar-refractivity contribution is 5.82. The molecule has 1 N–H and O–H groups in total. The van der Waals surface area contributed by atoms with Crippen LogP contribution in [0.25, 0.3) is 0 Å². The molecule has 0 aromatic carbocycles. The molecule has 0 aromatic rings. The first-order valence-corrected chi connectivity index (χ1v) is 6.35. The number of carbonyl (C=O) groups is 1. The molecule has 0 spiro atoms. The van der Waals surface area contributed by atoms with Crippen LogP contribution >= 0.6 is 0 Å². The Bertz CT molecular complexity index is 266. The van der Waals surface area contributed by atoms with Crippen LogP contribution < -0.4 is 5.32 Å². The van der Waals surface area contributed by atoms with Crippen LogP contribution in [0.4, 0.5) is 0 Å². The largest absolute Gasteiger partial charge is 0.379 e. The quantitative estimate of drug-likeness (QED) is 0.732. The Balaban J connectivity index is 1.90. The van der Waals surface area contributed by atoms with E-state index in [1.807, 2.05) is 4.90 Å². The maximum absolute atomic E-state index is 12.2. The molecule has 2 saturated heterocycles. The Morgan fingerprint density at radius 1 is 1.53 bits per heavy atom. The molecule has 5 heteroatoms. The van der Waals surface area contributed by atoms with Crippen LogP contribution in [-0.4, -0.2) is 62.9 Å². The van der Waals surface area contributed by atoms with E-state index in [2.05, 4.69) is 12.2 Å². The molecule has 2 fully saturated rings. The van der Waals surface area contributed by atoms with Gasteiger partial charge in [-0.3, -0.25) is 4.79 Å². The lowest BCUT2D eigenvalue weighted by atomic mass is 9.95. The summed E-state index contributed by atoms with van der Waals surface area (Å²) < 4.78 is 10.8. The fourth-order valence-electron chi connectivity index (χ4n) is 2.49. The molecule has 2 aliphatic heterocycles. The lowest BCUT2D eigenvalue weighted by molar-refractivity contribution is -0.141. The van der Waals surface area contributed by atoms with Crippen molar-refractivity contribution in [3.05, 3.63) is 0 Å². The third-order valence-corrected chi connectivity index (χ3v) is 3.72. The first kappa shape index (κ1) is 12.8. The third kappa shape index (κ3) is 2.97. The molecule has 98 valence electrons. The van der Waals surface area contributed by atoms with Gasteiger partial charge >= 0.3 is 0 Å². The van der Waals surface area contributed by atoms with Crippen molar-refractivity contribution in [1.82, 2.24) is 10.2 Å². The van der Waals surface area contributed by atoms with E-state index in [-0.39, 0.29) is 18.1 Å². The zero-order valence-electron chi connectivity index (χ0n) is 10.6. The van der Waals surface area contributed by atoms with E-state index < -0.39 is 0 Å². The van der Waals surface area contributed by atoms with Gasteiger partial charge in [0.1, 0.15) is 6.04 Å². The van der Waals surface area contributed by atoms with Crippen molar-refractivity contribution in [3.63, 3.8) is 0 Å². The fraction of sp³-hybridized carbons (Fsp3) is 0.917. The van der Waals surface area contributed by atoms with Crippen LogP contribution in [0.5, 0.6) is 0 Å². The van der Waals surface area contributed by atoms with Crippen molar-refractivity contribution < 1.29 is 14.3 Å². The van der Waals surface area contributed by atoms with Crippen LogP contribution in [0.15, 0.2) is 0 Å². The average Bonchev–Trinajstić information content (AvgIpc) is 2.39. The molecule has 2 aliphatic rings. The third-order valence-electron chi connectivity index (χ3n) is 3.72. The van der Waals surface area contributed by atoms with Gasteiger partial charge in [0.15, 0.2) is 0 Å². The zero-order chi connectivity index (χ0) is 12.3. The topological polar surface area (TPSA) is 50.8 Å². The Morgan fingerprint density at radius 2 is 2.35 bits per heavy atom. The van der Waals surface area contributed by atoms with Gasteiger partial charge in [-0.25, -0.2) is 0 Å². The number of carbonyl (C=O) groups excluding carboxylic acids is 1. The summed E-state index contributed by atoms with van der Waals surface area (Å²) in [5, 5.41) is 3.20. The summed E-state index contributed by atoms with van der Waals surface area (Å²) in [5.41, 5.74) is 0. The van der Waals surface area contributed by atoms with Crippen molar-refractivity contribution in [1.29, 1.82) is 0 Å². The normalized spacial score (nSPS) is 34.7. The molecule has 0 radical (unpaired) electrons. The summed E-state index contributed by atoms with van der Waals surface area (Å²) in [4.78, 5) is 14.2. The van der Waals surface area contributed by atoms with Crippen molar-refractivity contribution in [3.8, 4) is 0 Å². The van der Waals surface area contributed by atoms with Gasteiger partial charge in [0.2, 0.25) is 5.91 Å². The zero-order valence-corrected chi connectivity index (χ0v) is 10.6. The van der Waals surface area contributed by atoms with Crippen molar-refractivity contribution >= 4 is 5.91 Å². The summed E-state index contributed by atoms with van der Waals surface area (Å²) in [6.07, 6.45) is 1.18. The molecule has 1 amide bonds. The Hall–Kier alpha value is -0.650. The van der Waals surface area contributed by atoms with Crippen molar-refractivity contribution in [2.75, 3.05) is 40.0 Å². The number of amides is 1. The second-order valence-corrected chi connectivity index (χ2v) is 4.91. The number of nitrogens with one attached hydrogen (secondary N) is 1. The summed E-state index contributed by atoms with van der Waals surface area (Å²) in [6, 6.07) is -0.172. The van der Waals surface area contributed by atoms with Gasteiger partial charge in [-0.1, -0.05) is 6.92 Å². The summed E-state index contributed by atoms with van der Waals surface area (Å²) >= 11 is 0. The number of piperidine rings is 1. The van der Waals surface area contributed by atoms with E-state index in [9.17, 15) is 4.79 Å². The van der Waals surface area contributed by atoms with Crippen LogP contribution in [0.2, 0.25) is 0 Å². The minimum Gasteiger partial charge on any atom is -0.379 e. The maximum atomic E-state index is 12.2. The lowest BCUT2D eigenvalue weighted by Crippen LogP contribution is -2.56. The van der Waals surface area contributed by atoms with Crippen LogP contribution in [-0.2, 0) is 14.3 Å². The summed E-state index contributed by atoms with van der Waals surface area (Å²) in [5.74, 6) is 0.679. The number of morpholine rings is 1. The molecule has 0 bridgehead atoms. The fourth-order valence-corrected chi connectivity index (χ4v) is 2.49. The minimum absolute atomic E-state index is 0.152. The standard InChI is InChI=1S/C12H22N2O3/c1-9-3-5-14(7-11(9)16-2)12(15)10-8-17-6-4-13-10/h9-11,13H,3-8H2,1-2H3. The molecule has 5 nitrogen and oxygen atoms in total. The molecule has 0 aliphatic carbocycles. The first-order valence-electron chi connectivity index (χ1n) is 6.35. The number of methoxy groups -OCH3 is 1. The minimum atomic E-state index is -0.172. The van der Waals surface area contributed by atoms with E-state index in [0.717, 1.165) is 19.5 Å². The van der Waals surface area contributed by atoms with Gasteiger partial charge < -0.3 is 19.7 Å². The van der Waals surface area contributed by atoms with E-state index in [1.54, 1.807) is 7.11 Å². The van der Waals surface area contributed by atoms with Gasteiger partial charge in [0.25, 0.3) is 0 Å². The smallest absolute Gasteiger partial charge is 0.242 e. The molecule has 17 heavy (non-hydrogen) atoms. The van der Waals surface area contributed by atoms with E-state index >= 15 is 0 Å². The summed E-state index contributed by atoms with van der Waals surface area (Å²) in [6.45, 7) is 5.66. The Labute approximate surface area is 102 Å². The number of likely N-dealkylation sites (tertiary alicyclic amines) is 1. The number of rotatable bonds is 2. The number of hydrogen-bond donors (Lipinski definition) is 1. The van der Waals surface area contributed by atoms with Gasteiger partial charge in [0.05, 0.1) is 19.3 Å². The molecular formula is C12H22N2O3. The Kier molecular flexibility index (Phi) is 4.36. The highest BCUT2D eigenvalue weighted by Gasteiger charge is 2.32. The van der Waals surface area contributed by atoms with E-state index in [1.165, 1.54) is 0 Å². The van der Waals surface area contributed by atoms with Gasteiger partial charge in [-0.15, -0.1) is 0 Å². The predicted molar refractivity (Wildman–Crippen MR) is 63.8 cm³/mol. The first-order chi connectivity index (χ1) is 8.22. The van der Waals surface area contributed by atoms with Crippen LogP contribution in [0.1, 0.15) is 13.3 Å². The Morgan fingerprint density at radius 3 is 3.00 bits per heavy atom. The van der Waals surface area contributed by atoms with Crippen LogP contribution in [0.3, 0.4) is 0 Å². The SMILES string of the molecule is COC1CN(C(=O)C2COCCN2)CCC1C. The van der Waals surface area contributed by atoms with Gasteiger partial charge in [-0.2, -0.15) is 0 Å². The number of nitrogens with zero attached hydrogens (tertiary/aromatic N) is 1. The molecule has 2 heterocycles. The van der Waals surface area contributed by atoms with Gasteiger partial charge in [0, 0.05) is 26.7 Å². The molecular weight excluding hydrogens is 220 g/mol. The highest BCUT2D eigenvalue weighted by atomic mass is 16.5. The maximum Gasteiger partial charge on any atom is 0.242 e. The van der Waals surface area contributed by atoms with Crippen molar-refractivity contribution in [2.45, 2.75) is 25.5 Å². The highest BCUT2D eigenvalue weighted by Crippen LogP contribution is 2.20. The molecule has 0 saturated carbocycles. The van der Waals surface area contributed by atoms with Crippen molar-refractivity contribution in [2.24, 2.45) is 5.92 Å². The van der Waals surface area contributed by atoms with E-state index in [0.29, 0.717) is 25.7 Å². The molecule has 2 rings (SSSR count). The second kappa shape index (κ2) is 5.80. The van der Waals surface area contributed by atoms with E-state index in [4.69, 9.17) is 9.47 Å². The van der Waals surface area contributed by atoms with Crippen LogP contribution in [0, 0.1) is 5.92 Å². The monoisotopic (exact) mass is 242 g/mol. The predicted octanol–water partition coefficient (Wildman–Crippen LogP) is -0.142. The molecule has 3 unspecified atom stereocenters. The van der Waals surface area contributed by atoms with Gasteiger partial charge in [-0.05, 0) is 12.3 Å². The number of hydrogen-bond acceptors (Lipinski definition) is 4. The molecule has 3 atom stereocenters. The molecule has 0 aromatic heterocycles. The average molecular weight is 242 g/mol. The summed E-state index contributed by atoms with van der Waals surface area (Å²) in [7, 11) is 1.72.